The Hall–Kier alpha value is -2.11. The molecule has 23 heavy (non-hydrogen) atoms. The number of nitrogens with one attached hydrogen (secondary N) is 1. The maximum atomic E-state index is 6.17. The van der Waals surface area contributed by atoms with Crippen molar-refractivity contribution in [2.45, 2.75) is 0 Å². The Kier molecular flexibility index (Phi) is 5.10. The van der Waals surface area contributed by atoms with Gasteiger partial charge in [0.05, 0.1) is 35.2 Å². The van der Waals surface area contributed by atoms with Gasteiger partial charge in [-0.3, -0.25) is 4.99 Å². The molecular weight excluding hydrogens is 333 g/mol. The Morgan fingerprint density at radius 1 is 1.22 bits per heavy atom. The molecule has 0 saturated carbocycles. The van der Waals surface area contributed by atoms with Crippen LogP contribution in [0.15, 0.2) is 52.6 Å². The fourth-order valence-corrected chi connectivity index (χ4v) is 2.53. The molecular formula is C16H15Cl2N5. The normalized spacial score (nSPS) is 14.3. The average Bonchev–Trinajstić information content (AvgIpc) is 3.03. The van der Waals surface area contributed by atoms with Gasteiger partial charge in [0.15, 0.2) is 5.82 Å². The number of nitrogens with zero attached hydrogens (tertiary/aromatic N) is 4. The monoisotopic (exact) mass is 347 g/mol. The minimum atomic E-state index is 0.515. The van der Waals surface area contributed by atoms with Crippen molar-refractivity contribution < 1.29 is 0 Å². The average molecular weight is 348 g/mol. The molecule has 2 aromatic rings. The second-order valence-corrected chi connectivity index (χ2v) is 5.66. The Morgan fingerprint density at radius 2 is 2.13 bits per heavy atom. The van der Waals surface area contributed by atoms with Crippen molar-refractivity contribution in [1.82, 2.24) is 9.88 Å². The van der Waals surface area contributed by atoms with Crippen molar-refractivity contribution in [2.24, 2.45) is 9.98 Å². The fraction of sp³-hybridized carbons (Fsp3) is 0.188. The molecule has 3 rings (SSSR count). The van der Waals surface area contributed by atoms with Crippen molar-refractivity contribution in [3.63, 3.8) is 0 Å². The summed E-state index contributed by atoms with van der Waals surface area (Å²) in [7, 11) is 0. The van der Waals surface area contributed by atoms with Gasteiger partial charge >= 0.3 is 0 Å². The van der Waals surface area contributed by atoms with Crippen LogP contribution in [0, 0.1) is 0 Å². The molecule has 0 radical (unpaired) electrons. The molecule has 7 heteroatoms. The van der Waals surface area contributed by atoms with E-state index >= 15 is 0 Å². The Balaban J connectivity index is 1.63. The molecule has 0 saturated heterocycles. The summed E-state index contributed by atoms with van der Waals surface area (Å²) < 4.78 is 0. The molecule has 0 unspecified atom stereocenters. The number of aliphatic imine (C=N–C) groups is 2. The van der Waals surface area contributed by atoms with E-state index in [9.17, 15) is 0 Å². The molecule has 0 atom stereocenters. The quantitative estimate of drug-likeness (QED) is 0.659. The van der Waals surface area contributed by atoms with Crippen molar-refractivity contribution in [1.29, 1.82) is 0 Å². The molecule has 1 aliphatic rings. The van der Waals surface area contributed by atoms with Gasteiger partial charge in [-0.2, -0.15) is 0 Å². The van der Waals surface area contributed by atoms with Gasteiger partial charge in [0.2, 0.25) is 0 Å². The Bertz CT molecular complexity index is 731. The highest BCUT2D eigenvalue weighted by atomic mass is 35.5. The minimum Gasteiger partial charge on any atom is -0.377 e. The number of amidine groups is 1. The van der Waals surface area contributed by atoms with Gasteiger partial charge in [-0.25, -0.2) is 9.98 Å². The molecule has 1 aliphatic heterocycles. The first-order valence-corrected chi connectivity index (χ1v) is 7.93. The molecule has 1 aromatic heterocycles. The van der Waals surface area contributed by atoms with Crippen LogP contribution >= 0.6 is 23.2 Å². The highest BCUT2D eigenvalue weighted by molar-refractivity contribution is 6.43. The van der Waals surface area contributed by atoms with E-state index in [-0.39, 0.29) is 0 Å². The second-order valence-electron chi connectivity index (χ2n) is 4.88. The smallest absolute Gasteiger partial charge is 0.153 e. The molecule has 1 N–H and O–H groups in total. The summed E-state index contributed by atoms with van der Waals surface area (Å²) in [6.07, 6.45) is 3.48. The van der Waals surface area contributed by atoms with Crippen molar-refractivity contribution >= 4 is 46.9 Å². The van der Waals surface area contributed by atoms with Crippen LogP contribution in [0.25, 0.3) is 0 Å². The van der Waals surface area contributed by atoms with E-state index in [1.807, 2.05) is 35.2 Å². The third-order valence-electron chi connectivity index (χ3n) is 3.33. The zero-order valence-corrected chi connectivity index (χ0v) is 13.8. The van der Waals surface area contributed by atoms with Crippen LogP contribution in [0.2, 0.25) is 10.0 Å². The number of hydrogen-bond donors (Lipinski definition) is 1. The molecule has 0 aliphatic carbocycles. The van der Waals surface area contributed by atoms with E-state index in [0.29, 0.717) is 22.4 Å². The highest BCUT2D eigenvalue weighted by Gasteiger charge is 2.15. The highest BCUT2D eigenvalue weighted by Crippen LogP contribution is 2.29. The largest absolute Gasteiger partial charge is 0.377 e. The van der Waals surface area contributed by atoms with E-state index in [1.54, 1.807) is 18.6 Å². The molecule has 0 bridgehead atoms. The predicted octanol–water partition coefficient (Wildman–Crippen LogP) is 3.87. The van der Waals surface area contributed by atoms with Crippen LogP contribution in [-0.4, -0.2) is 41.7 Å². The number of aromatic nitrogens is 1. The number of halogens is 2. The van der Waals surface area contributed by atoms with E-state index in [4.69, 9.17) is 23.2 Å². The lowest BCUT2D eigenvalue weighted by molar-refractivity contribution is 0.677. The summed E-state index contributed by atoms with van der Waals surface area (Å²) in [6.45, 7) is 2.10. The molecule has 2 heterocycles. The summed E-state index contributed by atoms with van der Waals surface area (Å²) in [5, 5.41) is 4.30. The van der Waals surface area contributed by atoms with E-state index in [1.165, 1.54) is 0 Å². The van der Waals surface area contributed by atoms with Gasteiger partial charge in [0, 0.05) is 12.7 Å². The Morgan fingerprint density at radius 3 is 2.96 bits per heavy atom. The minimum absolute atomic E-state index is 0.515. The Labute approximate surface area is 144 Å². The number of pyridine rings is 1. The predicted molar refractivity (Wildman–Crippen MR) is 96.3 cm³/mol. The number of hydrogen-bond acceptors (Lipinski definition) is 4. The summed E-state index contributed by atoms with van der Waals surface area (Å²) in [6, 6.07) is 11.1. The van der Waals surface area contributed by atoms with Crippen LogP contribution in [-0.2, 0) is 0 Å². The number of benzene rings is 1. The first-order valence-electron chi connectivity index (χ1n) is 7.17. The first-order chi connectivity index (χ1) is 11.2. The molecule has 118 valence electrons. The fourth-order valence-electron chi connectivity index (χ4n) is 2.16. The van der Waals surface area contributed by atoms with Crippen LogP contribution in [0.1, 0.15) is 0 Å². The van der Waals surface area contributed by atoms with Crippen LogP contribution in [0.5, 0.6) is 0 Å². The molecule has 0 amide bonds. The molecule has 0 spiro atoms. The lowest BCUT2D eigenvalue weighted by Crippen LogP contribution is -2.31. The van der Waals surface area contributed by atoms with E-state index in [2.05, 4.69) is 20.3 Å². The third kappa shape index (κ3) is 4.00. The van der Waals surface area contributed by atoms with Crippen molar-refractivity contribution in [3.8, 4) is 0 Å². The SMILES string of the molecule is Clc1cccc(NCC2=NCCN2/C=N\c2ccccn2)c1Cl. The van der Waals surface area contributed by atoms with Gasteiger partial charge in [0.25, 0.3) is 0 Å². The van der Waals surface area contributed by atoms with Crippen LogP contribution in [0.3, 0.4) is 0 Å². The lowest BCUT2D eigenvalue weighted by Gasteiger charge is -2.16. The zero-order valence-electron chi connectivity index (χ0n) is 12.3. The van der Waals surface area contributed by atoms with Crippen molar-refractivity contribution in [2.75, 3.05) is 25.0 Å². The standard InChI is InChI=1S/C16H15Cl2N5/c17-12-4-3-5-13(16(12)18)21-10-15-20-8-9-23(15)11-22-14-6-1-2-7-19-14/h1-7,11,21H,8-10H2/b22-11-. The van der Waals surface area contributed by atoms with Crippen LogP contribution < -0.4 is 5.32 Å². The molecule has 1 aromatic carbocycles. The van der Waals surface area contributed by atoms with Crippen molar-refractivity contribution in [3.05, 3.63) is 52.6 Å². The topological polar surface area (TPSA) is 52.9 Å². The summed E-state index contributed by atoms with van der Waals surface area (Å²) in [5.41, 5.74) is 0.787. The first kappa shape index (κ1) is 15.8. The van der Waals surface area contributed by atoms with Gasteiger partial charge in [-0.15, -0.1) is 0 Å². The van der Waals surface area contributed by atoms with Gasteiger partial charge in [-0.05, 0) is 24.3 Å². The summed E-state index contributed by atoms with van der Waals surface area (Å²) >= 11 is 12.2. The second kappa shape index (κ2) is 7.44. The van der Waals surface area contributed by atoms with E-state index in [0.717, 1.165) is 24.6 Å². The lowest BCUT2D eigenvalue weighted by atomic mass is 10.3. The maximum Gasteiger partial charge on any atom is 0.153 e. The van der Waals surface area contributed by atoms with Crippen LogP contribution in [0.4, 0.5) is 11.5 Å². The number of rotatable bonds is 5. The number of anilines is 1. The summed E-state index contributed by atoms with van der Waals surface area (Å²) in [4.78, 5) is 15.0. The molecule has 0 fully saturated rings. The third-order valence-corrected chi connectivity index (χ3v) is 4.15. The van der Waals surface area contributed by atoms with Gasteiger partial charge in [-0.1, -0.05) is 35.3 Å². The molecule has 5 nitrogen and oxygen atoms in total. The maximum absolute atomic E-state index is 6.17. The van der Waals surface area contributed by atoms with E-state index < -0.39 is 0 Å². The zero-order chi connectivity index (χ0) is 16.1. The van der Waals surface area contributed by atoms with Gasteiger partial charge in [0.1, 0.15) is 5.84 Å². The van der Waals surface area contributed by atoms with Gasteiger partial charge < -0.3 is 10.2 Å². The summed E-state index contributed by atoms with van der Waals surface area (Å²) in [5.74, 6) is 1.57.